The monoisotopic (exact) mass is 230 g/mol. The summed E-state index contributed by atoms with van der Waals surface area (Å²) in [5, 5.41) is 0. The Balaban J connectivity index is 2.37. The summed E-state index contributed by atoms with van der Waals surface area (Å²) >= 11 is 0. The Morgan fingerprint density at radius 1 is 1.47 bits per heavy atom. The molecule has 0 fully saturated rings. The summed E-state index contributed by atoms with van der Waals surface area (Å²) < 4.78 is 35.4. The van der Waals surface area contributed by atoms with E-state index in [2.05, 4.69) is 0 Å². The SMILES string of the molecule is CC(C)P1(=O)OCc2ccc(F)cc2O1. The van der Waals surface area contributed by atoms with Gasteiger partial charge in [-0.2, -0.15) is 0 Å². The van der Waals surface area contributed by atoms with E-state index in [-0.39, 0.29) is 12.3 Å². The van der Waals surface area contributed by atoms with E-state index in [4.69, 9.17) is 9.05 Å². The predicted octanol–water partition coefficient (Wildman–Crippen LogP) is 3.34. The lowest BCUT2D eigenvalue weighted by molar-refractivity contribution is 0.226. The van der Waals surface area contributed by atoms with E-state index in [0.717, 1.165) is 5.56 Å². The van der Waals surface area contributed by atoms with E-state index < -0.39 is 13.4 Å². The zero-order chi connectivity index (χ0) is 11.1. The van der Waals surface area contributed by atoms with Gasteiger partial charge in [-0.3, -0.25) is 4.52 Å². The highest BCUT2D eigenvalue weighted by molar-refractivity contribution is 7.55. The maximum atomic E-state index is 12.9. The Kier molecular flexibility index (Phi) is 2.57. The molecule has 0 amide bonds. The van der Waals surface area contributed by atoms with Crippen LogP contribution in [0.1, 0.15) is 19.4 Å². The number of fused-ring (bicyclic) bond motifs is 1. The fourth-order valence-corrected chi connectivity index (χ4v) is 2.63. The van der Waals surface area contributed by atoms with Gasteiger partial charge in [0.2, 0.25) is 0 Å². The third kappa shape index (κ3) is 1.92. The van der Waals surface area contributed by atoms with Crippen molar-refractivity contribution in [3.8, 4) is 5.75 Å². The highest BCUT2D eigenvalue weighted by Gasteiger charge is 2.35. The summed E-state index contributed by atoms with van der Waals surface area (Å²) in [6.07, 6.45) is 0. The zero-order valence-electron chi connectivity index (χ0n) is 8.57. The molecule has 5 heteroatoms. The number of hydrogen-bond acceptors (Lipinski definition) is 3. The van der Waals surface area contributed by atoms with Crippen molar-refractivity contribution in [3.63, 3.8) is 0 Å². The van der Waals surface area contributed by atoms with Gasteiger partial charge in [-0.15, -0.1) is 0 Å². The fraction of sp³-hybridized carbons (Fsp3) is 0.400. The molecule has 0 aliphatic carbocycles. The van der Waals surface area contributed by atoms with Gasteiger partial charge in [0.05, 0.1) is 12.3 Å². The van der Waals surface area contributed by atoms with Gasteiger partial charge in [0.15, 0.2) is 0 Å². The maximum Gasteiger partial charge on any atom is 0.382 e. The summed E-state index contributed by atoms with van der Waals surface area (Å²) in [6, 6.07) is 4.15. The van der Waals surface area contributed by atoms with E-state index in [9.17, 15) is 8.96 Å². The molecule has 2 rings (SSSR count). The average molecular weight is 230 g/mol. The van der Waals surface area contributed by atoms with Crippen molar-refractivity contribution in [1.82, 2.24) is 0 Å². The van der Waals surface area contributed by atoms with Crippen molar-refractivity contribution in [2.45, 2.75) is 26.1 Å². The second-order valence-electron chi connectivity index (χ2n) is 3.75. The molecule has 1 heterocycles. The van der Waals surface area contributed by atoms with Crippen LogP contribution >= 0.6 is 7.60 Å². The number of hydrogen-bond donors (Lipinski definition) is 0. The molecule has 0 aromatic heterocycles. The molecular formula is C10H12FO3P. The molecule has 0 bridgehead atoms. The van der Waals surface area contributed by atoms with Gasteiger partial charge in [0.25, 0.3) is 0 Å². The summed E-state index contributed by atoms with van der Waals surface area (Å²) in [6.45, 7) is 3.72. The van der Waals surface area contributed by atoms with Crippen LogP contribution in [0.25, 0.3) is 0 Å². The largest absolute Gasteiger partial charge is 0.424 e. The van der Waals surface area contributed by atoms with Crippen LogP contribution < -0.4 is 4.52 Å². The summed E-state index contributed by atoms with van der Waals surface area (Å²) in [7, 11) is -3.10. The first kappa shape index (κ1) is 10.7. The average Bonchev–Trinajstić information content (AvgIpc) is 2.16. The predicted molar refractivity (Wildman–Crippen MR) is 54.6 cm³/mol. The third-order valence-corrected chi connectivity index (χ3v) is 4.49. The van der Waals surface area contributed by atoms with Crippen molar-refractivity contribution in [1.29, 1.82) is 0 Å². The number of rotatable bonds is 1. The van der Waals surface area contributed by atoms with Gasteiger partial charge in [0.1, 0.15) is 11.6 Å². The van der Waals surface area contributed by atoms with E-state index in [1.54, 1.807) is 19.9 Å². The van der Waals surface area contributed by atoms with E-state index >= 15 is 0 Å². The molecule has 1 unspecified atom stereocenters. The lowest BCUT2D eigenvalue weighted by atomic mass is 10.2. The van der Waals surface area contributed by atoms with Crippen LogP contribution in [0.2, 0.25) is 0 Å². The van der Waals surface area contributed by atoms with Crippen LogP contribution in [-0.2, 0) is 15.7 Å². The number of benzene rings is 1. The first-order valence-corrected chi connectivity index (χ1v) is 6.35. The minimum absolute atomic E-state index is 0.213. The molecule has 3 nitrogen and oxygen atoms in total. The van der Waals surface area contributed by atoms with Gasteiger partial charge in [-0.25, -0.2) is 8.96 Å². The van der Waals surface area contributed by atoms with E-state index in [1.807, 2.05) is 0 Å². The Hall–Kier alpha value is -0.860. The molecule has 0 saturated carbocycles. The van der Waals surface area contributed by atoms with Gasteiger partial charge in [0, 0.05) is 11.6 Å². The second-order valence-corrected chi connectivity index (χ2v) is 6.30. The Morgan fingerprint density at radius 2 is 2.20 bits per heavy atom. The van der Waals surface area contributed by atoms with Gasteiger partial charge < -0.3 is 4.52 Å². The first-order chi connectivity index (χ1) is 7.01. The van der Waals surface area contributed by atoms with Crippen molar-refractivity contribution in [2.24, 2.45) is 0 Å². The highest BCUT2D eigenvalue weighted by Crippen LogP contribution is 2.56. The molecule has 0 radical (unpaired) electrons. The van der Waals surface area contributed by atoms with Gasteiger partial charge in [-0.1, -0.05) is 19.9 Å². The summed E-state index contributed by atoms with van der Waals surface area (Å²) in [5.74, 6) is -0.0655. The van der Waals surface area contributed by atoms with Gasteiger partial charge >= 0.3 is 7.60 Å². The molecule has 1 aliphatic heterocycles. The second kappa shape index (κ2) is 3.62. The van der Waals surface area contributed by atoms with Crippen LogP contribution in [0, 0.1) is 5.82 Å². The molecule has 1 aliphatic rings. The molecule has 0 N–H and O–H groups in total. The van der Waals surface area contributed by atoms with Gasteiger partial charge in [-0.05, 0) is 6.07 Å². The maximum absolute atomic E-state index is 12.9. The Labute approximate surface area is 87.7 Å². The fourth-order valence-electron chi connectivity index (χ4n) is 1.31. The lowest BCUT2D eigenvalue weighted by Crippen LogP contribution is -2.13. The molecule has 82 valence electrons. The van der Waals surface area contributed by atoms with E-state index in [0.29, 0.717) is 5.75 Å². The molecule has 1 aromatic rings. The van der Waals surface area contributed by atoms with Crippen LogP contribution in [0.15, 0.2) is 18.2 Å². The molecule has 0 saturated heterocycles. The molecule has 15 heavy (non-hydrogen) atoms. The molecular weight excluding hydrogens is 218 g/mol. The van der Waals surface area contributed by atoms with Crippen molar-refractivity contribution < 1.29 is 18.0 Å². The third-order valence-electron chi connectivity index (χ3n) is 2.29. The van der Waals surface area contributed by atoms with Crippen LogP contribution in [0.3, 0.4) is 0 Å². The van der Waals surface area contributed by atoms with Crippen molar-refractivity contribution in [3.05, 3.63) is 29.6 Å². The zero-order valence-corrected chi connectivity index (χ0v) is 9.46. The smallest absolute Gasteiger partial charge is 0.382 e. The minimum atomic E-state index is -3.10. The Bertz CT molecular complexity index is 431. The lowest BCUT2D eigenvalue weighted by Gasteiger charge is -2.28. The van der Waals surface area contributed by atoms with Crippen LogP contribution in [0.4, 0.5) is 4.39 Å². The van der Waals surface area contributed by atoms with Crippen molar-refractivity contribution in [2.75, 3.05) is 0 Å². The molecule has 0 spiro atoms. The molecule has 1 aromatic carbocycles. The standard InChI is InChI=1S/C10H12FO3P/c1-7(2)15(12)13-6-8-3-4-9(11)5-10(8)14-15/h3-5,7H,6H2,1-2H3. The Morgan fingerprint density at radius 3 is 2.87 bits per heavy atom. The first-order valence-electron chi connectivity index (χ1n) is 4.73. The minimum Gasteiger partial charge on any atom is -0.424 e. The summed E-state index contributed by atoms with van der Waals surface area (Å²) in [5.41, 5.74) is 0.498. The summed E-state index contributed by atoms with van der Waals surface area (Å²) in [4.78, 5) is 0. The van der Waals surface area contributed by atoms with Crippen LogP contribution in [-0.4, -0.2) is 5.66 Å². The normalized spacial score (nSPS) is 24.8. The topological polar surface area (TPSA) is 35.5 Å². The highest BCUT2D eigenvalue weighted by atomic mass is 31.2. The van der Waals surface area contributed by atoms with Crippen LogP contribution in [0.5, 0.6) is 5.75 Å². The quantitative estimate of drug-likeness (QED) is 0.694. The number of halogens is 1. The van der Waals surface area contributed by atoms with Crippen molar-refractivity contribution >= 4 is 7.60 Å². The van der Waals surface area contributed by atoms with E-state index in [1.165, 1.54) is 12.1 Å². The molecule has 1 atom stereocenters.